The molecule has 0 spiro atoms. The van der Waals surface area contributed by atoms with E-state index in [1.165, 1.54) is 17.0 Å². The number of halogens is 1. The molecule has 5 nitrogen and oxygen atoms in total. The van der Waals surface area contributed by atoms with E-state index in [0.29, 0.717) is 5.56 Å². The highest BCUT2D eigenvalue weighted by Crippen LogP contribution is 2.17. The molecule has 0 unspecified atom stereocenters. The number of carbonyl (C=O) groups excluding carboxylic acids is 1. The molecular formula is C13H14FNO4. The van der Waals surface area contributed by atoms with E-state index >= 15 is 0 Å². The molecule has 1 heterocycles. The van der Waals surface area contributed by atoms with Crippen LogP contribution in [-0.4, -0.2) is 47.7 Å². The first-order valence-corrected chi connectivity index (χ1v) is 5.88. The molecule has 19 heavy (non-hydrogen) atoms. The number of benzene rings is 1. The van der Waals surface area contributed by atoms with Gasteiger partial charge in [-0.2, -0.15) is 0 Å². The molecule has 1 atom stereocenters. The average molecular weight is 267 g/mol. The van der Waals surface area contributed by atoms with Crippen molar-refractivity contribution in [2.75, 3.05) is 19.8 Å². The van der Waals surface area contributed by atoms with Crippen molar-refractivity contribution in [3.63, 3.8) is 0 Å². The Morgan fingerprint density at radius 2 is 2.21 bits per heavy atom. The number of nitrogens with zero attached hydrogens (tertiary/aromatic N) is 1. The van der Waals surface area contributed by atoms with Gasteiger partial charge in [0.15, 0.2) is 6.04 Å². The molecule has 0 aliphatic carbocycles. The number of amides is 1. The van der Waals surface area contributed by atoms with E-state index in [-0.39, 0.29) is 25.3 Å². The van der Waals surface area contributed by atoms with Crippen LogP contribution in [0.15, 0.2) is 18.2 Å². The summed E-state index contributed by atoms with van der Waals surface area (Å²) in [5.74, 6) is -2.12. The lowest BCUT2D eigenvalue weighted by Gasteiger charge is -2.33. The van der Waals surface area contributed by atoms with Gasteiger partial charge >= 0.3 is 5.97 Å². The maximum Gasteiger partial charge on any atom is 0.328 e. The van der Waals surface area contributed by atoms with Crippen LogP contribution in [0.2, 0.25) is 0 Å². The molecule has 1 N–H and O–H groups in total. The van der Waals surface area contributed by atoms with E-state index in [1.54, 1.807) is 6.92 Å². The zero-order valence-electron chi connectivity index (χ0n) is 10.4. The number of carbonyl (C=O) groups is 2. The van der Waals surface area contributed by atoms with Gasteiger partial charge in [-0.25, -0.2) is 9.18 Å². The van der Waals surface area contributed by atoms with Gasteiger partial charge in [0.25, 0.3) is 5.91 Å². The van der Waals surface area contributed by atoms with Crippen molar-refractivity contribution < 1.29 is 23.8 Å². The van der Waals surface area contributed by atoms with Crippen molar-refractivity contribution in [1.29, 1.82) is 0 Å². The summed E-state index contributed by atoms with van der Waals surface area (Å²) in [5.41, 5.74) is 0.801. The number of hydrogen-bond donors (Lipinski definition) is 1. The lowest BCUT2D eigenvalue weighted by atomic mass is 10.1. The van der Waals surface area contributed by atoms with Crippen molar-refractivity contribution in [2.24, 2.45) is 0 Å². The summed E-state index contributed by atoms with van der Waals surface area (Å²) in [6.45, 7) is 2.11. The number of aliphatic carboxylic acids is 1. The van der Waals surface area contributed by atoms with Crippen LogP contribution in [0.4, 0.5) is 4.39 Å². The van der Waals surface area contributed by atoms with Crippen molar-refractivity contribution in [1.82, 2.24) is 4.90 Å². The molecular weight excluding hydrogens is 253 g/mol. The van der Waals surface area contributed by atoms with Crippen LogP contribution < -0.4 is 0 Å². The summed E-state index contributed by atoms with van der Waals surface area (Å²) in [6.07, 6.45) is 0. The lowest BCUT2D eigenvalue weighted by molar-refractivity contribution is -0.147. The van der Waals surface area contributed by atoms with Crippen LogP contribution in [0.1, 0.15) is 15.9 Å². The number of ether oxygens (including phenoxy) is 1. The second-order valence-corrected chi connectivity index (χ2v) is 4.39. The van der Waals surface area contributed by atoms with Gasteiger partial charge in [0, 0.05) is 12.1 Å². The normalized spacial score (nSPS) is 19.3. The Labute approximate surface area is 109 Å². The average Bonchev–Trinajstić information content (AvgIpc) is 2.40. The lowest BCUT2D eigenvalue weighted by Crippen LogP contribution is -2.52. The highest BCUT2D eigenvalue weighted by molar-refractivity contribution is 5.98. The monoisotopic (exact) mass is 267 g/mol. The Bertz CT molecular complexity index is 517. The smallest absolute Gasteiger partial charge is 0.328 e. The SMILES string of the molecule is Cc1ccc(F)cc1C(=O)N1CCOC[C@@H]1C(=O)O. The maximum absolute atomic E-state index is 13.2. The molecule has 1 aromatic carbocycles. The van der Waals surface area contributed by atoms with Gasteiger partial charge in [-0.3, -0.25) is 4.79 Å². The third-order valence-electron chi connectivity index (χ3n) is 3.10. The van der Waals surface area contributed by atoms with E-state index in [2.05, 4.69) is 0 Å². The number of rotatable bonds is 2. The fourth-order valence-electron chi connectivity index (χ4n) is 2.03. The van der Waals surface area contributed by atoms with Crippen LogP contribution in [0, 0.1) is 12.7 Å². The van der Waals surface area contributed by atoms with Crippen molar-refractivity contribution >= 4 is 11.9 Å². The minimum absolute atomic E-state index is 0.0462. The van der Waals surface area contributed by atoms with Gasteiger partial charge in [0.1, 0.15) is 5.82 Å². The summed E-state index contributed by atoms with van der Waals surface area (Å²) >= 11 is 0. The topological polar surface area (TPSA) is 66.8 Å². The predicted molar refractivity (Wildman–Crippen MR) is 64.4 cm³/mol. The highest BCUT2D eigenvalue weighted by atomic mass is 19.1. The fraction of sp³-hybridized carbons (Fsp3) is 0.385. The van der Waals surface area contributed by atoms with E-state index in [0.717, 1.165) is 6.07 Å². The first kappa shape index (κ1) is 13.5. The summed E-state index contributed by atoms with van der Waals surface area (Å²) < 4.78 is 18.3. The van der Waals surface area contributed by atoms with Crippen molar-refractivity contribution in [3.05, 3.63) is 35.1 Å². The van der Waals surface area contributed by atoms with Crippen molar-refractivity contribution in [3.8, 4) is 0 Å². The van der Waals surface area contributed by atoms with Gasteiger partial charge < -0.3 is 14.7 Å². The number of morpholine rings is 1. The summed E-state index contributed by atoms with van der Waals surface area (Å²) in [6, 6.07) is 2.87. The van der Waals surface area contributed by atoms with E-state index in [4.69, 9.17) is 9.84 Å². The van der Waals surface area contributed by atoms with Gasteiger partial charge in [-0.05, 0) is 24.6 Å². The molecule has 0 radical (unpaired) electrons. The number of carboxylic acids is 1. The van der Waals surface area contributed by atoms with Crippen LogP contribution >= 0.6 is 0 Å². The molecule has 0 bridgehead atoms. The molecule has 0 aromatic heterocycles. The van der Waals surface area contributed by atoms with E-state index in [9.17, 15) is 14.0 Å². The van der Waals surface area contributed by atoms with Crippen LogP contribution in [0.25, 0.3) is 0 Å². The Hall–Kier alpha value is -1.95. The number of carboxylic acid groups (broad SMARTS) is 1. The van der Waals surface area contributed by atoms with Gasteiger partial charge in [-0.1, -0.05) is 6.07 Å². The Morgan fingerprint density at radius 1 is 1.47 bits per heavy atom. The maximum atomic E-state index is 13.2. The molecule has 1 amide bonds. The van der Waals surface area contributed by atoms with Crippen LogP contribution in [-0.2, 0) is 9.53 Å². The zero-order chi connectivity index (χ0) is 14.0. The third kappa shape index (κ3) is 2.73. The van der Waals surface area contributed by atoms with Crippen LogP contribution in [0.5, 0.6) is 0 Å². The Balaban J connectivity index is 2.31. The molecule has 1 aromatic rings. The second kappa shape index (κ2) is 5.36. The minimum Gasteiger partial charge on any atom is -0.480 e. The molecule has 1 aliphatic rings. The Morgan fingerprint density at radius 3 is 2.89 bits per heavy atom. The van der Waals surface area contributed by atoms with E-state index < -0.39 is 23.7 Å². The van der Waals surface area contributed by atoms with Gasteiger partial charge in [0.2, 0.25) is 0 Å². The molecule has 1 fully saturated rings. The number of aryl methyl sites for hydroxylation is 1. The quantitative estimate of drug-likeness (QED) is 0.870. The van der Waals surface area contributed by atoms with Gasteiger partial charge in [-0.15, -0.1) is 0 Å². The fourth-order valence-corrected chi connectivity index (χ4v) is 2.03. The zero-order valence-corrected chi connectivity index (χ0v) is 10.4. The van der Waals surface area contributed by atoms with Crippen LogP contribution in [0.3, 0.4) is 0 Å². The molecule has 2 rings (SSSR count). The molecule has 1 saturated heterocycles. The van der Waals surface area contributed by atoms with Gasteiger partial charge in [0.05, 0.1) is 13.2 Å². The summed E-state index contributed by atoms with van der Waals surface area (Å²) in [5, 5.41) is 9.08. The largest absolute Gasteiger partial charge is 0.480 e. The number of hydrogen-bond acceptors (Lipinski definition) is 3. The summed E-state index contributed by atoms with van der Waals surface area (Å²) in [7, 11) is 0. The molecule has 102 valence electrons. The first-order chi connectivity index (χ1) is 9.00. The van der Waals surface area contributed by atoms with Crippen molar-refractivity contribution in [2.45, 2.75) is 13.0 Å². The summed E-state index contributed by atoms with van der Waals surface area (Å²) in [4.78, 5) is 24.6. The predicted octanol–water partition coefficient (Wildman–Crippen LogP) is 1.06. The molecule has 6 heteroatoms. The highest BCUT2D eigenvalue weighted by Gasteiger charge is 2.33. The molecule has 1 aliphatic heterocycles. The Kier molecular flexibility index (Phi) is 3.80. The second-order valence-electron chi connectivity index (χ2n) is 4.39. The third-order valence-corrected chi connectivity index (χ3v) is 3.10. The minimum atomic E-state index is -1.12. The molecule has 0 saturated carbocycles. The first-order valence-electron chi connectivity index (χ1n) is 5.88. The standard InChI is InChI=1S/C13H14FNO4/c1-8-2-3-9(14)6-10(8)12(16)15-4-5-19-7-11(15)13(17)18/h2-3,6,11H,4-5,7H2,1H3,(H,17,18)/t11-/m1/s1. The van der Waals surface area contributed by atoms with E-state index in [1.807, 2.05) is 0 Å².